The maximum absolute atomic E-state index is 12.4. The lowest BCUT2D eigenvalue weighted by Gasteiger charge is -2.14. The maximum atomic E-state index is 12.4. The summed E-state index contributed by atoms with van der Waals surface area (Å²) in [5.74, 6) is 0.685. The van der Waals surface area contributed by atoms with Crippen LogP contribution in [-0.4, -0.2) is 57.2 Å². The first-order valence-corrected chi connectivity index (χ1v) is 10.9. The summed E-state index contributed by atoms with van der Waals surface area (Å²) in [6, 6.07) is 5.87. The minimum absolute atomic E-state index is 0.169. The largest absolute Gasteiger partial charge is 0.489 e. The van der Waals surface area contributed by atoms with E-state index >= 15 is 0 Å². The van der Waals surface area contributed by atoms with Crippen LogP contribution in [0.15, 0.2) is 46.8 Å². The Balaban J connectivity index is 1.33. The molecule has 4 heterocycles. The van der Waals surface area contributed by atoms with Crippen molar-refractivity contribution in [1.82, 2.24) is 25.2 Å². The molecule has 31 heavy (non-hydrogen) atoms. The number of fused-ring (bicyclic) bond motifs is 1. The molecule has 2 N–H and O–H groups in total. The summed E-state index contributed by atoms with van der Waals surface area (Å²) < 4.78 is 6.09. The van der Waals surface area contributed by atoms with E-state index in [9.17, 15) is 4.79 Å². The first kappa shape index (κ1) is 19.8. The van der Waals surface area contributed by atoms with Crippen LogP contribution in [-0.2, 0) is 4.79 Å². The van der Waals surface area contributed by atoms with E-state index in [0.29, 0.717) is 10.1 Å². The topological polar surface area (TPSA) is 95.5 Å². The summed E-state index contributed by atoms with van der Waals surface area (Å²) in [5, 5.41) is 4.27. The Hall–Kier alpha value is -3.17. The molecule has 9 heteroatoms. The minimum Gasteiger partial charge on any atom is -0.489 e. The number of H-pyrrole nitrogens is 1. The lowest BCUT2D eigenvalue weighted by Crippen LogP contribution is -2.21. The molecule has 2 aliphatic rings. The summed E-state index contributed by atoms with van der Waals surface area (Å²) in [4.78, 5) is 31.3. The van der Waals surface area contributed by atoms with Crippen LogP contribution in [0.2, 0.25) is 0 Å². The fourth-order valence-electron chi connectivity index (χ4n) is 3.74. The molecular weight excluding hydrogens is 412 g/mol. The van der Waals surface area contributed by atoms with Gasteiger partial charge in [0.1, 0.15) is 23.8 Å². The molecule has 0 aliphatic carbocycles. The highest BCUT2D eigenvalue weighted by atomic mass is 32.2. The average molecular weight is 435 g/mol. The number of likely N-dealkylation sites (N-methyl/N-ethyl adjacent to an activating group) is 1. The van der Waals surface area contributed by atoms with E-state index in [1.807, 2.05) is 37.4 Å². The predicted octanol–water partition coefficient (Wildman–Crippen LogP) is 3.24. The van der Waals surface area contributed by atoms with Crippen molar-refractivity contribution in [2.45, 2.75) is 19.4 Å². The molecule has 2 fully saturated rings. The number of nitrogens with one attached hydrogen (secondary N) is 2. The number of aromatic amines is 1. The normalized spacial score (nSPS) is 22.0. The number of amides is 1. The van der Waals surface area contributed by atoms with Crippen molar-refractivity contribution in [3.63, 3.8) is 0 Å². The summed E-state index contributed by atoms with van der Waals surface area (Å²) in [6.45, 7) is 4.01. The lowest BCUT2D eigenvalue weighted by atomic mass is 10.2. The molecule has 0 saturated carbocycles. The third-order valence-corrected chi connectivity index (χ3v) is 6.28. The highest BCUT2D eigenvalue weighted by molar-refractivity contribution is 8.18. The minimum atomic E-state index is -0.169. The molecule has 2 aromatic heterocycles. The first-order chi connectivity index (χ1) is 15.0. The smallest absolute Gasteiger partial charge is 0.264 e. The molecule has 3 aromatic rings. The van der Waals surface area contributed by atoms with E-state index in [1.54, 1.807) is 6.20 Å². The predicted molar refractivity (Wildman–Crippen MR) is 122 cm³/mol. The molecule has 0 radical (unpaired) electrons. The highest BCUT2D eigenvalue weighted by Gasteiger charge is 2.25. The summed E-state index contributed by atoms with van der Waals surface area (Å²) in [6.07, 6.45) is 8.14. The number of amidine groups is 1. The summed E-state index contributed by atoms with van der Waals surface area (Å²) in [5.41, 5.74) is 3.41. The van der Waals surface area contributed by atoms with Crippen LogP contribution in [0.1, 0.15) is 17.5 Å². The van der Waals surface area contributed by atoms with Gasteiger partial charge in [-0.1, -0.05) is 0 Å². The molecule has 5 rings (SSSR count). The third-order valence-electron chi connectivity index (χ3n) is 5.37. The molecule has 1 unspecified atom stereocenters. The van der Waals surface area contributed by atoms with Crippen molar-refractivity contribution < 1.29 is 9.53 Å². The van der Waals surface area contributed by atoms with Crippen LogP contribution in [0.25, 0.3) is 17.1 Å². The number of thioether (sulfide) groups is 1. The molecule has 2 aliphatic heterocycles. The quantitative estimate of drug-likeness (QED) is 0.612. The van der Waals surface area contributed by atoms with Crippen molar-refractivity contribution in [2.75, 3.05) is 20.1 Å². The second kappa shape index (κ2) is 8.16. The van der Waals surface area contributed by atoms with Gasteiger partial charge in [-0.3, -0.25) is 4.79 Å². The fraction of sp³-hybridized carbons (Fsp3) is 0.273. The van der Waals surface area contributed by atoms with E-state index in [0.717, 1.165) is 53.1 Å². The van der Waals surface area contributed by atoms with Gasteiger partial charge in [-0.15, -0.1) is 0 Å². The number of hydrogen-bond acceptors (Lipinski definition) is 7. The average Bonchev–Trinajstić information content (AvgIpc) is 3.44. The van der Waals surface area contributed by atoms with E-state index in [4.69, 9.17) is 4.74 Å². The van der Waals surface area contributed by atoms with E-state index in [-0.39, 0.29) is 12.0 Å². The van der Waals surface area contributed by atoms with Crippen LogP contribution in [0, 0.1) is 6.92 Å². The van der Waals surface area contributed by atoms with Crippen LogP contribution in [0.5, 0.6) is 5.75 Å². The molecule has 1 aromatic carbocycles. The van der Waals surface area contributed by atoms with Gasteiger partial charge in [-0.25, -0.2) is 15.0 Å². The molecule has 0 bridgehead atoms. The van der Waals surface area contributed by atoms with Gasteiger partial charge in [0.25, 0.3) is 5.91 Å². The number of carbonyl (C=O) groups is 1. The Bertz CT molecular complexity index is 1220. The molecule has 1 amide bonds. The van der Waals surface area contributed by atoms with Gasteiger partial charge in [-0.05, 0) is 62.0 Å². The van der Waals surface area contributed by atoms with Crippen molar-refractivity contribution >= 4 is 45.6 Å². The molecule has 0 spiro atoms. The maximum Gasteiger partial charge on any atom is 0.264 e. The number of aryl methyl sites for hydroxylation is 1. The number of nitrogens with zero attached hydrogens (tertiary/aromatic N) is 4. The van der Waals surface area contributed by atoms with Gasteiger partial charge in [0.05, 0.1) is 10.6 Å². The number of ether oxygens (including phenoxy) is 1. The van der Waals surface area contributed by atoms with E-state index in [1.165, 1.54) is 18.1 Å². The summed E-state index contributed by atoms with van der Waals surface area (Å²) in [7, 11) is 2.11. The van der Waals surface area contributed by atoms with E-state index in [2.05, 4.69) is 37.2 Å². The number of aromatic nitrogens is 3. The zero-order valence-corrected chi connectivity index (χ0v) is 18.1. The molecular formula is C22H22N6O2S. The monoisotopic (exact) mass is 434 g/mol. The van der Waals surface area contributed by atoms with Crippen LogP contribution >= 0.6 is 11.8 Å². The number of hydrogen-bond donors (Lipinski definition) is 2. The zero-order valence-electron chi connectivity index (χ0n) is 17.3. The second-order valence-corrected chi connectivity index (χ2v) is 8.78. The number of likely N-dealkylation sites (tertiary alicyclic amines) is 1. The molecule has 158 valence electrons. The van der Waals surface area contributed by atoms with Crippen LogP contribution < -0.4 is 10.1 Å². The fourth-order valence-corrected chi connectivity index (χ4v) is 4.57. The van der Waals surface area contributed by atoms with Crippen LogP contribution in [0.4, 0.5) is 5.69 Å². The van der Waals surface area contributed by atoms with Crippen LogP contribution in [0.3, 0.4) is 0 Å². The highest BCUT2D eigenvalue weighted by Crippen LogP contribution is 2.31. The number of rotatable bonds is 4. The standard InChI is InChI=1S/C22H22N6O2S/c1-13-7-15(30-16-5-6-28(2)11-16)3-4-18(13)26-22-27-21(29)19(31-22)8-14-9-24-20-17(14)10-23-12-25-20/h3-4,7-10,12,16H,5-6,11H2,1-2H3,(H,23,24,25)(H,26,27,29)/b19-8-. The Morgan fingerprint density at radius 2 is 2.29 bits per heavy atom. The molecule has 2 saturated heterocycles. The number of carbonyl (C=O) groups excluding carboxylic acids is 1. The van der Waals surface area contributed by atoms with E-state index < -0.39 is 0 Å². The van der Waals surface area contributed by atoms with Gasteiger partial charge in [0.2, 0.25) is 0 Å². The lowest BCUT2D eigenvalue weighted by molar-refractivity contribution is -0.115. The first-order valence-electron chi connectivity index (χ1n) is 10.1. The zero-order chi connectivity index (χ0) is 21.4. The molecule has 8 nitrogen and oxygen atoms in total. The van der Waals surface area contributed by atoms with Gasteiger partial charge >= 0.3 is 0 Å². The van der Waals surface area contributed by atoms with Gasteiger partial charge < -0.3 is 19.9 Å². The van der Waals surface area contributed by atoms with Crippen molar-refractivity contribution in [3.8, 4) is 5.75 Å². The SMILES string of the molecule is Cc1cc(OC2CCN(C)C2)ccc1/N=C1/NC(=O)/C(=C/c2c[nH]c3ncncc23)S1. The Morgan fingerprint density at radius 1 is 1.39 bits per heavy atom. The van der Waals surface area contributed by atoms with Gasteiger partial charge in [0.15, 0.2) is 5.17 Å². The number of benzene rings is 1. The van der Waals surface area contributed by atoms with Crippen molar-refractivity contribution in [3.05, 3.63) is 53.0 Å². The van der Waals surface area contributed by atoms with Crippen molar-refractivity contribution in [2.24, 2.45) is 4.99 Å². The Labute approximate surface area is 183 Å². The summed E-state index contributed by atoms with van der Waals surface area (Å²) >= 11 is 1.32. The molecule has 1 atom stereocenters. The second-order valence-electron chi connectivity index (χ2n) is 7.75. The van der Waals surface area contributed by atoms with Crippen molar-refractivity contribution in [1.29, 1.82) is 0 Å². The van der Waals surface area contributed by atoms with Gasteiger partial charge in [-0.2, -0.15) is 0 Å². The number of aliphatic imine (C=N–C) groups is 1. The Kier molecular flexibility index (Phi) is 5.21. The third kappa shape index (κ3) is 4.19. The Morgan fingerprint density at radius 3 is 3.10 bits per heavy atom. The van der Waals surface area contributed by atoms with Gasteiger partial charge in [0, 0.05) is 36.4 Å².